The van der Waals surface area contributed by atoms with E-state index in [9.17, 15) is 14.4 Å². The quantitative estimate of drug-likeness (QED) is 0.737. The van der Waals surface area contributed by atoms with Gasteiger partial charge in [0.15, 0.2) is 0 Å². The number of carboxylic acid groups (broad SMARTS) is 1. The van der Waals surface area contributed by atoms with Gasteiger partial charge >= 0.3 is 11.9 Å². The van der Waals surface area contributed by atoms with Gasteiger partial charge in [-0.3, -0.25) is 14.4 Å². The second-order valence-electron chi connectivity index (χ2n) is 6.53. The summed E-state index contributed by atoms with van der Waals surface area (Å²) < 4.78 is 5.25. The van der Waals surface area contributed by atoms with Crippen LogP contribution in [-0.4, -0.2) is 46.5 Å². The van der Waals surface area contributed by atoms with Crippen molar-refractivity contribution in [1.82, 2.24) is 4.90 Å². The maximum atomic E-state index is 12.2. The van der Waals surface area contributed by atoms with Gasteiger partial charge in [-0.15, -0.1) is 0 Å². The Morgan fingerprint density at radius 2 is 1.71 bits per heavy atom. The first-order valence-electron chi connectivity index (χ1n) is 7.93. The summed E-state index contributed by atoms with van der Waals surface area (Å²) >= 11 is 0. The highest BCUT2D eigenvalue weighted by atomic mass is 16.6. The normalized spacial score (nSPS) is 11.0. The van der Waals surface area contributed by atoms with Gasteiger partial charge < -0.3 is 14.7 Å². The lowest BCUT2D eigenvalue weighted by Crippen LogP contribution is -2.40. The minimum atomic E-state index is -1.04. The summed E-state index contributed by atoms with van der Waals surface area (Å²) in [6, 6.07) is 9.58. The molecule has 1 aromatic carbocycles. The highest BCUT2D eigenvalue weighted by molar-refractivity contribution is 5.84. The average Bonchev–Trinajstić information content (AvgIpc) is 2.48. The molecule has 0 aliphatic heterocycles. The molecule has 24 heavy (non-hydrogen) atoms. The van der Waals surface area contributed by atoms with Crippen molar-refractivity contribution in [2.45, 2.75) is 45.6 Å². The molecule has 1 aromatic rings. The third-order valence-corrected chi connectivity index (χ3v) is 3.16. The molecular formula is C18H25NO5. The molecule has 0 aromatic heterocycles. The highest BCUT2D eigenvalue weighted by Crippen LogP contribution is 2.09. The maximum absolute atomic E-state index is 12.2. The summed E-state index contributed by atoms with van der Waals surface area (Å²) in [5.41, 5.74) is 0.407. The Hall–Kier alpha value is -2.37. The summed E-state index contributed by atoms with van der Waals surface area (Å²) in [5.74, 6) is -1.90. The van der Waals surface area contributed by atoms with E-state index in [0.29, 0.717) is 13.0 Å². The molecule has 0 atom stereocenters. The van der Waals surface area contributed by atoms with Crippen LogP contribution in [0.1, 0.15) is 39.2 Å². The number of aliphatic carboxylic acids is 1. The molecular weight excluding hydrogens is 310 g/mol. The fourth-order valence-electron chi connectivity index (χ4n) is 2.10. The number of amides is 1. The number of ether oxygens (including phenoxy) is 1. The zero-order valence-electron chi connectivity index (χ0n) is 14.4. The van der Waals surface area contributed by atoms with Crippen LogP contribution < -0.4 is 0 Å². The van der Waals surface area contributed by atoms with Gasteiger partial charge in [0.2, 0.25) is 5.91 Å². The van der Waals surface area contributed by atoms with Crippen LogP contribution in [0.5, 0.6) is 0 Å². The van der Waals surface area contributed by atoms with Gasteiger partial charge in [0.05, 0.1) is 6.42 Å². The predicted octanol–water partition coefficient (Wildman–Crippen LogP) is 2.26. The molecule has 0 bridgehead atoms. The van der Waals surface area contributed by atoms with Gasteiger partial charge in [-0.2, -0.15) is 0 Å². The summed E-state index contributed by atoms with van der Waals surface area (Å²) in [6.07, 6.45) is 0.199. The van der Waals surface area contributed by atoms with E-state index >= 15 is 0 Å². The molecule has 0 radical (unpaired) electrons. The van der Waals surface area contributed by atoms with Crippen LogP contribution in [0.2, 0.25) is 0 Å². The van der Waals surface area contributed by atoms with E-state index in [2.05, 4.69) is 0 Å². The number of carbonyl (C=O) groups is 3. The van der Waals surface area contributed by atoms with E-state index in [4.69, 9.17) is 9.84 Å². The van der Waals surface area contributed by atoms with Crippen LogP contribution in [0.4, 0.5) is 0 Å². The first-order chi connectivity index (χ1) is 11.2. The zero-order valence-corrected chi connectivity index (χ0v) is 14.4. The van der Waals surface area contributed by atoms with E-state index in [1.807, 2.05) is 30.3 Å². The zero-order chi connectivity index (χ0) is 18.2. The van der Waals surface area contributed by atoms with Crippen molar-refractivity contribution in [1.29, 1.82) is 0 Å². The monoisotopic (exact) mass is 335 g/mol. The number of esters is 1. The lowest BCUT2D eigenvalue weighted by Gasteiger charge is -2.25. The van der Waals surface area contributed by atoms with Crippen LogP contribution in [0, 0.1) is 0 Å². The van der Waals surface area contributed by atoms with E-state index in [1.54, 1.807) is 20.8 Å². The minimum absolute atomic E-state index is 0.132. The Morgan fingerprint density at radius 1 is 1.08 bits per heavy atom. The standard InChI is InChI=1S/C18H25NO5/c1-18(2,3)24-17(23)13-19(15(20)9-10-16(21)22)12-11-14-7-5-4-6-8-14/h4-8H,9-13H2,1-3H3,(H,21,22). The molecule has 0 unspecified atom stereocenters. The summed E-state index contributed by atoms with van der Waals surface area (Å²) in [4.78, 5) is 36.2. The number of carboxylic acids is 1. The van der Waals surface area contributed by atoms with Crippen LogP contribution in [0.3, 0.4) is 0 Å². The Morgan fingerprint density at radius 3 is 2.25 bits per heavy atom. The average molecular weight is 335 g/mol. The van der Waals surface area contributed by atoms with E-state index in [1.165, 1.54) is 4.90 Å². The molecule has 132 valence electrons. The number of rotatable bonds is 8. The molecule has 0 saturated carbocycles. The van der Waals surface area contributed by atoms with Crippen molar-refractivity contribution in [3.8, 4) is 0 Å². The van der Waals surface area contributed by atoms with Gasteiger partial charge in [0.25, 0.3) is 0 Å². The molecule has 0 fully saturated rings. The molecule has 6 nitrogen and oxygen atoms in total. The van der Waals surface area contributed by atoms with Crippen molar-refractivity contribution in [3.05, 3.63) is 35.9 Å². The van der Waals surface area contributed by atoms with E-state index < -0.39 is 17.5 Å². The molecule has 1 N–H and O–H groups in total. The van der Waals surface area contributed by atoms with Crippen molar-refractivity contribution in [2.75, 3.05) is 13.1 Å². The molecule has 1 amide bonds. The Kier molecular flexibility index (Phi) is 7.42. The number of nitrogens with zero attached hydrogens (tertiary/aromatic N) is 1. The lowest BCUT2D eigenvalue weighted by molar-refractivity contribution is -0.159. The Balaban J connectivity index is 2.69. The summed E-state index contributed by atoms with van der Waals surface area (Å²) in [7, 11) is 0. The minimum Gasteiger partial charge on any atom is -0.481 e. The molecule has 0 aliphatic rings. The smallest absolute Gasteiger partial charge is 0.326 e. The highest BCUT2D eigenvalue weighted by Gasteiger charge is 2.22. The maximum Gasteiger partial charge on any atom is 0.326 e. The second-order valence-corrected chi connectivity index (χ2v) is 6.53. The fraction of sp³-hybridized carbons (Fsp3) is 0.500. The molecule has 0 saturated heterocycles. The van der Waals surface area contributed by atoms with Crippen LogP contribution >= 0.6 is 0 Å². The Bertz CT molecular complexity index is 563. The van der Waals surface area contributed by atoms with Crippen LogP contribution in [-0.2, 0) is 25.5 Å². The fourth-order valence-corrected chi connectivity index (χ4v) is 2.10. The van der Waals surface area contributed by atoms with Crippen LogP contribution in [0.25, 0.3) is 0 Å². The first kappa shape index (κ1) is 19.7. The van der Waals surface area contributed by atoms with Crippen molar-refractivity contribution >= 4 is 17.8 Å². The first-order valence-corrected chi connectivity index (χ1v) is 7.93. The van der Waals surface area contributed by atoms with Crippen molar-refractivity contribution < 1.29 is 24.2 Å². The molecule has 0 spiro atoms. The predicted molar refractivity (Wildman–Crippen MR) is 89.4 cm³/mol. The molecule has 0 heterocycles. The van der Waals surface area contributed by atoms with Crippen molar-refractivity contribution in [3.63, 3.8) is 0 Å². The number of benzene rings is 1. The summed E-state index contributed by atoms with van der Waals surface area (Å²) in [6.45, 7) is 5.42. The third kappa shape index (κ3) is 8.31. The number of carbonyl (C=O) groups excluding carboxylic acids is 2. The van der Waals surface area contributed by atoms with Gasteiger partial charge in [-0.25, -0.2) is 0 Å². The van der Waals surface area contributed by atoms with E-state index in [-0.39, 0.29) is 25.3 Å². The third-order valence-electron chi connectivity index (χ3n) is 3.16. The van der Waals surface area contributed by atoms with Crippen molar-refractivity contribution in [2.24, 2.45) is 0 Å². The van der Waals surface area contributed by atoms with Gasteiger partial charge in [-0.05, 0) is 32.8 Å². The second kappa shape index (κ2) is 9.05. The van der Waals surface area contributed by atoms with Gasteiger partial charge in [0.1, 0.15) is 12.1 Å². The summed E-state index contributed by atoms with van der Waals surface area (Å²) in [5, 5.41) is 8.72. The van der Waals surface area contributed by atoms with E-state index in [0.717, 1.165) is 5.56 Å². The van der Waals surface area contributed by atoms with Crippen LogP contribution in [0.15, 0.2) is 30.3 Å². The number of hydrogen-bond acceptors (Lipinski definition) is 4. The van der Waals surface area contributed by atoms with Gasteiger partial charge in [0, 0.05) is 13.0 Å². The number of hydrogen-bond donors (Lipinski definition) is 1. The SMILES string of the molecule is CC(C)(C)OC(=O)CN(CCc1ccccc1)C(=O)CCC(=O)O. The Labute approximate surface area is 142 Å². The molecule has 1 rings (SSSR count). The largest absolute Gasteiger partial charge is 0.481 e. The topological polar surface area (TPSA) is 83.9 Å². The molecule has 0 aliphatic carbocycles. The van der Waals surface area contributed by atoms with Gasteiger partial charge in [-0.1, -0.05) is 30.3 Å². The molecule has 6 heteroatoms. The lowest BCUT2D eigenvalue weighted by atomic mass is 10.1.